The molecular formula is C15H25NO2. The van der Waals surface area contributed by atoms with Crippen LogP contribution in [0.4, 0.5) is 0 Å². The van der Waals surface area contributed by atoms with Crippen LogP contribution in [0.1, 0.15) is 45.2 Å². The van der Waals surface area contributed by atoms with E-state index in [-0.39, 0.29) is 12.6 Å². The summed E-state index contributed by atoms with van der Waals surface area (Å²) < 4.78 is 5.64. The van der Waals surface area contributed by atoms with E-state index >= 15 is 0 Å². The Morgan fingerprint density at radius 1 is 1.28 bits per heavy atom. The number of benzene rings is 1. The Balaban J connectivity index is 2.62. The van der Waals surface area contributed by atoms with Crippen LogP contribution in [0.5, 0.6) is 5.75 Å². The van der Waals surface area contributed by atoms with Crippen LogP contribution in [-0.2, 0) is 0 Å². The number of nitrogens with one attached hydrogen (secondary N) is 1. The van der Waals surface area contributed by atoms with Crippen molar-refractivity contribution in [3.63, 3.8) is 0 Å². The normalized spacial score (nSPS) is 14.2. The van der Waals surface area contributed by atoms with Gasteiger partial charge in [-0.3, -0.25) is 0 Å². The van der Waals surface area contributed by atoms with Gasteiger partial charge in [-0.2, -0.15) is 0 Å². The minimum absolute atomic E-state index is 0.251. The number of rotatable bonds is 8. The van der Waals surface area contributed by atoms with Gasteiger partial charge in [-0.1, -0.05) is 18.2 Å². The van der Waals surface area contributed by atoms with Crippen LogP contribution in [0.3, 0.4) is 0 Å². The summed E-state index contributed by atoms with van der Waals surface area (Å²) in [6.07, 6.45) is 1.83. The number of hydrogen-bond acceptors (Lipinski definition) is 3. The zero-order chi connectivity index (χ0) is 13.4. The molecule has 0 amide bonds. The molecule has 0 aliphatic carbocycles. The average molecular weight is 251 g/mol. The maximum Gasteiger partial charge on any atom is 0.124 e. The molecule has 3 nitrogen and oxygen atoms in total. The van der Waals surface area contributed by atoms with E-state index < -0.39 is 0 Å². The van der Waals surface area contributed by atoms with Gasteiger partial charge in [0.05, 0.1) is 6.61 Å². The second-order valence-electron chi connectivity index (χ2n) is 4.63. The van der Waals surface area contributed by atoms with Crippen LogP contribution in [-0.4, -0.2) is 24.4 Å². The molecule has 2 N–H and O–H groups in total. The topological polar surface area (TPSA) is 41.5 Å². The van der Waals surface area contributed by atoms with Crippen molar-refractivity contribution in [1.82, 2.24) is 5.32 Å². The minimum Gasteiger partial charge on any atom is -0.494 e. The van der Waals surface area contributed by atoms with Gasteiger partial charge in [-0.05, 0) is 39.7 Å². The van der Waals surface area contributed by atoms with Gasteiger partial charge in [0.25, 0.3) is 0 Å². The summed E-state index contributed by atoms with van der Waals surface area (Å²) in [6.45, 7) is 7.24. The van der Waals surface area contributed by atoms with E-state index in [1.807, 2.05) is 25.1 Å². The quantitative estimate of drug-likeness (QED) is 0.746. The van der Waals surface area contributed by atoms with Crippen LogP contribution in [0.2, 0.25) is 0 Å². The summed E-state index contributed by atoms with van der Waals surface area (Å²) in [7, 11) is 0. The van der Waals surface area contributed by atoms with Crippen molar-refractivity contribution >= 4 is 0 Å². The first kappa shape index (κ1) is 15.0. The fourth-order valence-corrected chi connectivity index (χ4v) is 2.12. The van der Waals surface area contributed by atoms with E-state index in [0.29, 0.717) is 12.6 Å². The third-order valence-corrected chi connectivity index (χ3v) is 3.02. The van der Waals surface area contributed by atoms with Crippen LogP contribution in [0.15, 0.2) is 24.3 Å². The summed E-state index contributed by atoms with van der Waals surface area (Å²) in [5.74, 6) is 0.953. The monoisotopic (exact) mass is 251 g/mol. The summed E-state index contributed by atoms with van der Waals surface area (Å²) in [5.41, 5.74) is 1.19. The third kappa shape index (κ3) is 4.67. The summed E-state index contributed by atoms with van der Waals surface area (Å²) >= 11 is 0. The molecule has 0 aliphatic heterocycles. The molecule has 1 aromatic rings. The van der Waals surface area contributed by atoms with E-state index in [1.54, 1.807) is 0 Å². The zero-order valence-electron chi connectivity index (χ0n) is 11.6. The third-order valence-electron chi connectivity index (χ3n) is 3.02. The molecule has 2 unspecified atom stereocenters. The first-order valence-corrected chi connectivity index (χ1v) is 6.77. The van der Waals surface area contributed by atoms with Crippen molar-refractivity contribution in [2.45, 2.75) is 45.7 Å². The Bertz CT molecular complexity index is 341. The Morgan fingerprint density at radius 2 is 2.00 bits per heavy atom. The average Bonchev–Trinajstić information content (AvgIpc) is 2.37. The molecule has 0 bridgehead atoms. The Morgan fingerprint density at radius 3 is 2.67 bits per heavy atom. The molecule has 0 spiro atoms. The molecule has 0 radical (unpaired) electrons. The number of aliphatic hydroxyl groups excluding tert-OH is 1. The first-order chi connectivity index (χ1) is 8.69. The van der Waals surface area contributed by atoms with Crippen molar-refractivity contribution in [2.75, 3.05) is 13.2 Å². The molecule has 1 rings (SSSR count). The predicted octanol–water partition coefficient (Wildman–Crippen LogP) is 2.90. The van der Waals surface area contributed by atoms with Gasteiger partial charge in [0.15, 0.2) is 0 Å². The van der Waals surface area contributed by atoms with E-state index in [4.69, 9.17) is 9.84 Å². The highest BCUT2D eigenvalue weighted by Gasteiger charge is 2.13. The van der Waals surface area contributed by atoms with Crippen LogP contribution < -0.4 is 10.1 Å². The largest absolute Gasteiger partial charge is 0.494 e. The van der Waals surface area contributed by atoms with Gasteiger partial charge in [-0.15, -0.1) is 0 Å². The summed E-state index contributed by atoms with van der Waals surface area (Å²) in [4.78, 5) is 0. The van der Waals surface area contributed by atoms with Crippen molar-refractivity contribution in [1.29, 1.82) is 0 Å². The van der Waals surface area contributed by atoms with Gasteiger partial charge in [-0.25, -0.2) is 0 Å². The number of aliphatic hydroxyl groups is 1. The molecule has 3 heteroatoms. The molecule has 0 aromatic heterocycles. The molecule has 102 valence electrons. The Hall–Kier alpha value is -1.06. The highest BCUT2D eigenvalue weighted by atomic mass is 16.5. The Kier molecular flexibility index (Phi) is 6.76. The van der Waals surface area contributed by atoms with Gasteiger partial charge >= 0.3 is 0 Å². The second-order valence-corrected chi connectivity index (χ2v) is 4.63. The molecule has 0 saturated heterocycles. The van der Waals surface area contributed by atoms with Crippen molar-refractivity contribution in [3.05, 3.63) is 29.8 Å². The van der Waals surface area contributed by atoms with Crippen molar-refractivity contribution < 1.29 is 9.84 Å². The number of ether oxygens (including phenoxy) is 1. The molecule has 0 saturated carbocycles. The predicted molar refractivity (Wildman–Crippen MR) is 74.9 cm³/mol. The number of para-hydroxylation sites is 1. The van der Waals surface area contributed by atoms with E-state index in [1.165, 1.54) is 5.56 Å². The molecule has 0 aliphatic rings. The number of hydrogen-bond donors (Lipinski definition) is 2. The molecule has 1 aromatic carbocycles. The molecular weight excluding hydrogens is 226 g/mol. The molecule has 0 fully saturated rings. The highest BCUT2D eigenvalue weighted by Crippen LogP contribution is 2.25. The van der Waals surface area contributed by atoms with Gasteiger partial charge in [0.1, 0.15) is 5.75 Å². The van der Waals surface area contributed by atoms with Crippen LogP contribution in [0, 0.1) is 0 Å². The van der Waals surface area contributed by atoms with Crippen LogP contribution >= 0.6 is 0 Å². The van der Waals surface area contributed by atoms with Gasteiger partial charge in [0, 0.05) is 24.3 Å². The first-order valence-electron chi connectivity index (χ1n) is 6.77. The van der Waals surface area contributed by atoms with Crippen molar-refractivity contribution in [2.24, 2.45) is 0 Å². The highest BCUT2D eigenvalue weighted by molar-refractivity contribution is 5.35. The van der Waals surface area contributed by atoms with E-state index in [0.717, 1.165) is 18.6 Å². The standard InChI is InChI=1S/C15H25NO2/c1-4-18-15-10-6-5-9-14(15)13(3)16-12(2)8-7-11-17/h5-6,9-10,12-13,16-17H,4,7-8,11H2,1-3H3. The smallest absolute Gasteiger partial charge is 0.124 e. The zero-order valence-corrected chi connectivity index (χ0v) is 11.6. The van der Waals surface area contributed by atoms with E-state index in [2.05, 4.69) is 25.2 Å². The van der Waals surface area contributed by atoms with E-state index in [9.17, 15) is 0 Å². The summed E-state index contributed by atoms with van der Waals surface area (Å²) in [5, 5.41) is 12.4. The van der Waals surface area contributed by atoms with Crippen LogP contribution in [0.25, 0.3) is 0 Å². The molecule has 18 heavy (non-hydrogen) atoms. The van der Waals surface area contributed by atoms with Gasteiger partial charge in [0.2, 0.25) is 0 Å². The fraction of sp³-hybridized carbons (Fsp3) is 0.600. The lowest BCUT2D eigenvalue weighted by Gasteiger charge is -2.22. The lowest BCUT2D eigenvalue weighted by molar-refractivity contribution is 0.273. The maximum atomic E-state index is 8.83. The Labute approximate surface area is 110 Å². The van der Waals surface area contributed by atoms with Gasteiger partial charge < -0.3 is 15.2 Å². The minimum atomic E-state index is 0.251. The fourth-order valence-electron chi connectivity index (χ4n) is 2.12. The maximum absolute atomic E-state index is 8.83. The summed E-state index contributed by atoms with van der Waals surface area (Å²) in [6, 6.07) is 8.78. The molecule has 0 heterocycles. The lowest BCUT2D eigenvalue weighted by atomic mass is 10.1. The molecule has 2 atom stereocenters. The lowest BCUT2D eigenvalue weighted by Crippen LogP contribution is -2.29. The SMILES string of the molecule is CCOc1ccccc1C(C)NC(C)CCCO. The van der Waals surface area contributed by atoms with Crippen molar-refractivity contribution in [3.8, 4) is 5.75 Å². The second kappa shape index (κ2) is 8.11.